The van der Waals surface area contributed by atoms with E-state index in [1.165, 1.54) is 6.07 Å². The third-order valence-electron chi connectivity index (χ3n) is 2.59. The predicted octanol–water partition coefficient (Wildman–Crippen LogP) is 2.40. The molecule has 0 aliphatic rings. The molecule has 0 radical (unpaired) electrons. The van der Waals surface area contributed by atoms with Crippen LogP contribution in [-0.4, -0.2) is 40.2 Å². The number of hydrogen-bond donors (Lipinski definition) is 0. The van der Waals surface area contributed by atoms with Crippen LogP contribution in [0.4, 0.5) is 30.7 Å². The fourth-order valence-corrected chi connectivity index (χ4v) is 2.66. The first kappa shape index (κ1) is 16.5. The zero-order valence-electron chi connectivity index (χ0n) is 10.0. The van der Waals surface area contributed by atoms with Crippen LogP contribution >= 0.6 is 0 Å². The van der Waals surface area contributed by atoms with E-state index in [2.05, 4.69) is 10.3 Å². The van der Waals surface area contributed by atoms with Crippen LogP contribution in [0.25, 0.3) is 11.0 Å². The number of halogens is 7. The molecule has 0 saturated carbocycles. The van der Waals surface area contributed by atoms with Gasteiger partial charge in [-0.2, -0.15) is 39.2 Å². The zero-order chi connectivity index (χ0) is 17.0. The minimum absolute atomic E-state index is 0.280. The Kier molecular flexibility index (Phi) is 3.39. The number of alkyl halides is 7. The molecule has 22 heavy (non-hydrogen) atoms. The second-order valence-corrected chi connectivity index (χ2v) is 5.82. The van der Waals surface area contributed by atoms with Gasteiger partial charge in [0.05, 0.1) is 0 Å². The zero-order valence-corrected chi connectivity index (χ0v) is 10.8. The lowest BCUT2D eigenvalue weighted by atomic mass is 10.3. The molecule has 122 valence electrons. The quantitative estimate of drug-likeness (QED) is 0.797. The number of fused-ring (bicyclic) bond motifs is 1. The Morgan fingerprint density at radius 1 is 0.955 bits per heavy atom. The summed E-state index contributed by atoms with van der Waals surface area (Å²) in [6, 6.07) is 4.41. The van der Waals surface area contributed by atoms with E-state index >= 15 is 0 Å². The minimum Gasteiger partial charge on any atom is -0.198 e. The SMILES string of the molecule is O=S(=O)(n1nnc2ccccc21)C(F)(F)C(F)(F)C(F)(F)F. The summed E-state index contributed by atoms with van der Waals surface area (Å²) >= 11 is 0. The van der Waals surface area contributed by atoms with Crippen LogP contribution in [0.5, 0.6) is 0 Å². The second kappa shape index (κ2) is 4.54. The molecular formula is C9H4F7N3O2S. The molecule has 0 fully saturated rings. The number of aromatic nitrogens is 3. The van der Waals surface area contributed by atoms with E-state index in [0.29, 0.717) is 0 Å². The van der Waals surface area contributed by atoms with Crippen LogP contribution in [0.1, 0.15) is 0 Å². The fraction of sp³-hybridized carbons (Fsp3) is 0.333. The lowest BCUT2D eigenvalue weighted by Crippen LogP contribution is -2.57. The molecule has 0 spiro atoms. The molecule has 0 saturated heterocycles. The Morgan fingerprint density at radius 3 is 2.05 bits per heavy atom. The maximum absolute atomic E-state index is 13.4. The number of rotatable bonds is 3. The van der Waals surface area contributed by atoms with E-state index in [0.717, 1.165) is 18.2 Å². The third kappa shape index (κ3) is 2.02. The average molecular weight is 351 g/mol. The highest BCUT2D eigenvalue weighted by Crippen LogP contribution is 2.49. The number of para-hydroxylation sites is 1. The standard InChI is InChI=1S/C9H4F7N3O2S/c10-7(11,8(12,13)14)9(15,16)22(20,21)19-6-4-2-1-3-5(6)17-18-19/h1-4H. The van der Waals surface area contributed by atoms with Crippen LogP contribution in [0.3, 0.4) is 0 Å². The first-order valence-corrected chi connectivity index (χ1v) is 6.66. The molecule has 2 aromatic rings. The molecule has 0 N–H and O–H groups in total. The van der Waals surface area contributed by atoms with Crippen LogP contribution in [0.15, 0.2) is 24.3 Å². The summed E-state index contributed by atoms with van der Waals surface area (Å²) in [6.07, 6.45) is -6.78. The van der Waals surface area contributed by atoms with E-state index in [1.54, 1.807) is 0 Å². The van der Waals surface area contributed by atoms with Crippen LogP contribution in [0.2, 0.25) is 0 Å². The highest BCUT2D eigenvalue weighted by atomic mass is 32.2. The van der Waals surface area contributed by atoms with Crippen molar-refractivity contribution >= 4 is 21.1 Å². The molecule has 0 aliphatic carbocycles. The molecule has 1 heterocycles. The summed E-state index contributed by atoms with van der Waals surface area (Å²) in [6.45, 7) is 0. The van der Waals surface area contributed by atoms with Crippen LogP contribution < -0.4 is 0 Å². The molecule has 0 atom stereocenters. The molecule has 13 heteroatoms. The monoisotopic (exact) mass is 351 g/mol. The lowest BCUT2D eigenvalue weighted by molar-refractivity contribution is -0.332. The van der Waals surface area contributed by atoms with Gasteiger partial charge in [-0.15, -0.1) is 9.19 Å². The molecule has 0 amide bonds. The minimum atomic E-state index is -6.81. The topological polar surface area (TPSA) is 64.8 Å². The van der Waals surface area contributed by atoms with Gasteiger partial charge in [-0.1, -0.05) is 17.3 Å². The third-order valence-corrected chi connectivity index (χ3v) is 4.22. The summed E-state index contributed by atoms with van der Waals surface area (Å²) < 4.78 is 111. The fourth-order valence-electron chi connectivity index (χ4n) is 1.46. The van der Waals surface area contributed by atoms with Crippen LogP contribution in [0, 0.1) is 0 Å². The van der Waals surface area contributed by atoms with Crippen molar-refractivity contribution in [3.63, 3.8) is 0 Å². The van der Waals surface area contributed by atoms with Crippen molar-refractivity contribution < 1.29 is 39.2 Å². The van der Waals surface area contributed by atoms with Gasteiger partial charge in [0.1, 0.15) is 11.0 Å². The molecule has 5 nitrogen and oxygen atoms in total. The molecule has 2 rings (SSSR count). The normalized spacial score (nSPS) is 14.5. The van der Waals surface area contributed by atoms with Gasteiger partial charge in [0.2, 0.25) is 0 Å². The van der Waals surface area contributed by atoms with Gasteiger partial charge in [-0.3, -0.25) is 0 Å². The van der Waals surface area contributed by atoms with E-state index in [9.17, 15) is 39.2 Å². The molecule has 0 aliphatic heterocycles. The summed E-state index contributed by atoms with van der Waals surface area (Å²) in [5, 5.41) is -0.634. The first-order valence-electron chi connectivity index (χ1n) is 5.22. The van der Waals surface area contributed by atoms with E-state index in [4.69, 9.17) is 0 Å². The van der Waals surface area contributed by atoms with Gasteiger partial charge in [-0.05, 0) is 12.1 Å². The van der Waals surface area contributed by atoms with Crippen molar-refractivity contribution in [1.29, 1.82) is 0 Å². The van der Waals surface area contributed by atoms with E-state index in [-0.39, 0.29) is 5.52 Å². The van der Waals surface area contributed by atoms with Crippen LogP contribution in [-0.2, 0) is 10.0 Å². The Hall–Kier alpha value is -1.92. The molecule has 1 aromatic carbocycles. The van der Waals surface area contributed by atoms with Crippen molar-refractivity contribution in [2.24, 2.45) is 0 Å². The lowest BCUT2D eigenvalue weighted by Gasteiger charge is -2.27. The predicted molar refractivity (Wildman–Crippen MR) is 57.8 cm³/mol. The second-order valence-electron chi connectivity index (χ2n) is 4.02. The van der Waals surface area contributed by atoms with Gasteiger partial charge in [0, 0.05) is 0 Å². The van der Waals surface area contributed by atoms with E-state index in [1.807, 2.05) is 0 Å². The number of hydrogen-bond acceptors (Lipinski definition) is 4. The van der Waals surface area contributed by atoms with Crippen molar-refractivity contribution in [1.82, 2.24) is 14.4 Å². The maximum atomic E-state index is 13.4. The smallest absolute Gasteiger partial charge is 0.198 e. The Bertz CT molecular complexity index is 812. The molecular weight excluding hydrogens is 347 g/mol. The highest BCUT2D eigenvalue weighted by Gasteiger charge is 2.79. The summed E-state index contributed by atoms with van der Waals surface area (Å²) in [5.74, 6) is -6.81. The molecule has 1 aromatic heterocycles. The molecule has 0 unspecified atom stereocenters. The highest BCUT2D eigenvalue weighted by molar-refractivity contribution is 7.91. The van der Waals surface area contributed by atoms with Gasteiger partial charge in [0.25, 0.3) is 0 Å². The van der Waals surface area contributed by atoms with Gasteiger partial charge in [-0.25, -0.2) is 0 Å². The maximum Gasteiger partial charge on any atom is 0.461 e. The van der Waals surface area contributed by atoms with Crippen molar-refractivity contribution in [2.75, 3.05) is 0 Å². The Labute approximate surface area is 117 Å². The van der Waals surface area contributed by atoms with Gasteiger partial charge >= 0.3 is 27.4 Å². The summed E-state index contributed by atoms with van der Waals surface area (Å²) in [7, 11) is -6.52. The largest absolute Gasteiger partial charge is 0.461 e. The van der Waals surface area contributed by atoms with Crippen molar-refractivity contribution in [3.8, 4) is 0 Å². The number of nitrogens with zero attached hydrogens (tertiary/aromatic N) is 3. The molecule has 0 bridgehead atoms. The summed E-state index contributed by atoms with van der Waals surface area (Å²) in [5.41, 5.74) is -0.947. The van der Waals surface area contributed by atoms with E-state index < -0.39 is 37.0 Å². The Balaban J connectivity index is 2.69. The summed E-state index contributed by atoms with van der Waals surface area (Å²) in [4.78, 5) is 0. The van der Waals surface area contributed by atoms with Crippen molar-refractivity contribution in [3.05, 3.63) is 24.3 Å². The average Bonchev–Trinajstić information content (AvgIpc) is 2.81. The Morgan fingerprint density at radius 2 is 1.50 bits per heavy atom. The number of benzene rings is 1. The van der Waals surface area contributed by atoms with Gasteiger partial charge < -0.3 is 0 Å². The van der Waals surface area contributed by atoms with Crippen molar-refractivity contribution in [2.45, 2.75) is 17.4 Å². The first-order chi connectivity index (χ1) is 9.84. The van der Waals surface area contributed by atoms with Gasteiger partial charge in [0.15, 0.2) is 0 Å².